The van der Waals surface area contributed by atoms with Crippen molar-refractivity contribution in [2.45, 2.75) is 25.9 Å². The molecule has 0 aromatic heterocycles. The first-order valence-corrected chi connectivity index (χ1v) is 7.29. The Balaban J connectivity index is 1.75. The Hall–Kier alpha value is -2.13. The summed E-state index contributed by atoms with van der Waals surface area (Å²) in [4.78, 5) is 14.4. The van der Waals surface area contributed by atoms with Crippen LogP contribution in [0.25, 0.3) is 0 Å². The van der Waals surface area contributed by atoms with Crippen LogP contribution in [0.2, 0.25) is 0 Å². The van der Waals surface area contributed by atoms with Crippen LogP contribution in [0.15, 0.2) is 48.5 Å². The number of hydrogen-bond donors (Lipinski definition) is 1. The molecule has 3 nitrogen and oxygen atoms in total. The molecular formula is C18H20N2O. The van der Waals surface area contributed by atoms with Crippen molar-refractivity contribution in [2.75, 3.05) is 11.9 Å². The Morgan fingerprint density at radius 3 is 2.48 bits per heavy atom. The topological polar surface area (TPSA) is 32.3 Å². The van der Waals surface area contributed by atoms with Crippen molar-refractivity contribution in [3.05, 3.63) is 65.2 Å². The van der Waals surface area contributed by atoms with Crippen LogP contribution in [0, 0.1) is 6.92 Å². The number of anilines is 1. The highest BCUT2D eigenvalue weighted by Crippen LogP contribution is 2.20. The van der Waals surface area contributed by atoms with Crippen LogP contribution in [0.5, 0.6) is 0 Å². The molecule has 2 aromatic rings. The van der Waals surface area contributed by atoms with Crippen LogP contribution in [0.3, 0.4) is 0 Å². The molecule has 1 aliphatic rings. The zero-order chi connectivity index (χ0) is 14.8. The molecule has 21 heavy (non-hydrogen) atoms. The minimum atomic E-state index is -0.147. The maximum atomic E-state index is 12.7. The van der Waals surface area contributed by atoms with Gasteiger partial charge < -0.3 is 10.2 Å². The molecule has 1 aliphatic heterocycles. The molecule has 108 valence electrons. The van der Waals surface area contributed by atoms with Crippen molar-refractivity contribution >= 4 is 11.6 Å². The van der Waals surface area contributed by atoms with E-state index < -0.39 is 0 Å². The minimum Gasteiger partial charge on any atom is -0.314 e. The van der Waals surface area contributed by atoms with Crippen molar-refractivity contribution in [1.82, 2.24) is 5.32 Å². The van der Waals surface area contributed by atoms with Crippen LogP contribution in [-0.2, 0) is 17.8 Å². The summed E-state index contributed by atoms with van der Waals surface area (Å²) in [6.07, 6.45) is 0.755. The molecule has 0 spiro atoms. The lowest BCUT2D eigenvalue weighted by Gasteiger charge is -2.29. The summed E-state index contributed by atoms with van der Waals surface area (Å²) in [5.74, 6) is 0.119. The van der Waals surface area contributed by atoms with Gasteiger partial charge in [0.15, 0.2) is 0 Å². The van der Waals surface area contributed by atoms with E-state index in [2.05, 4.69) is 17.4 Å². The second kappa shape index (κ2) is 5.70. The fourth-order valence-corrected chi connectivity index (χ4v) is 2.76. The van der Waals surface area contributed by atoms with Gasteiger partial charge in [0.1, 0.15) is 0 Å². The lowest BCUT2D eigenvalue weighted by molar-refractivity contribution is -0.120. The number of nitrogens with zero attached hydrogens (tertiary/aromatic N) is 1. The molecule has 0 saturated carbocycles. The average molecular weight is 280 g/mol. The van der Waals surface area contributed by atoms with E-state index in [-0.39, 0.29) is 11.9 Å². The predicted octanol–water partition coefficient (Wildman–Crippen LogP) is 2.67. The van der Waals surface area contributed by atoms with Crippen molar-refractivity contribution < 1.29 is 4.79 Å². The molecule has 0 radical (unpaired) electrons. The molecule has 0 saturated heterocycles. The third-order valence-corrected chi connectivity index (χ3v) is 4.13. The Labute approximate surface area is 125 Å². The summed E-state index contributed by atoms with van der Waals surface area (Å²) in [6, 6.07) is 16.2. The van der Waals surface area contributed by atoms with E-state index in [0.717, 1.165) is 18.7 Å². The van der Waals surface area contributed by atoms with Gasteiger partial charge in [-0.25, -0.2) is 0 Å². The summed E-state index contributed by atoms with van der Waals surface area (Å²) >= 11 is 0. The fourth-order valence-electron chi connectivity index (χ4n) is 2.76. The van der Waals surface area contributed by atoms with E-state index in [1.54, 1.807) is 4.90 Å². The summed E-state index contributed by atoms with van der Waals surface area (Å²) in [5.41, 5.74) is 4.70. The maximum absolute atomic E-state index is 12.7. The largest absolute Gasteiger partial charge is 0.314 e. The smallest absolute Gasteiger partial charge is 0.244 e. The molecule has 3 rings (SSSR count). The second-order valence-electron chi connectivity index (χ2n) is 5.64. The van der Waals surface area contributed by atoms with Gasteiger partial charge in [-0.1, -0.05) is 42.0 Å². The average Bonchev–Trinajstić information content (AvgIpc) is 2.54. The molecule has 1 amide bonds. The van der Waals surface area contributed by atoms with E-state index >= 15 is 0 Å². The molecule has 0 fully saturated rings. The Bertz CT molecular complexity index is 649. The summed E-state index contributed by atoms with van der Waals surface area (Å²) in [7, 11) is 1.84. The number of amides is 1. The van der Waals surface area contributed by atoms with E-state index in [0.29, 0.717) is 0 Å². The van der Waals surface area contributed by atoms with Gasteiger partial charge in [-0.3, -0.25) is 4.79 Å². The number of rotatable bonds is 2. The third-order valence-electron chi connectivity index (χ3n) is 4.13. The summed E-state index contributed by atoms with van der Waals surface area (Å²) in [6.45, 7) is 2.81. The number of carbonyl (C=O) groups excluding carboxylic acids is 1. The van der Waals surface area contributed by atoms with Gasteiger partial charge in [0.2, 0.25) is 5.91 Å². The van der Waals surface area contributed by atoms with Crippen molar-refractivity contribution in [3.63, 3.8) is 0 Å². The standard InChI is InChI=1S/C18H20N2O/c1-13-7-9-16(10-8-13)20(2)18(21)17-11-14-5-3-4-6-15(14)12-19-17/h3-10,17,19H,11-12H2,1-2H3. The monoisotopic (exact) mass is 280 g/mol. The number of nitrogens with one attached hydrogen (secondary N) is 1. The Kier molecular flexibility index (Phi) is 3.76. The van der Waals surface area contributed by atoms with E-state index in [1.165, 1.54) is 16.7 Å². The van der Waals surface area contributed by atoms with Gasteiger partial charge in [-0.05, 0) is 36.6 Å². The molecule has 0 bridgehead atoms. The number of carbonyl (C=O) groups is 1. The first kappa shape index (κ1) is 13.8. The molecule has 1 atom stereocenters. The molecule has 2 aromatic carbocycles. The lowest BCUT2D eigenvalue weighted by Crippen LogP contribution is -2.48. The fraction of sp³-hybridized carbons (Fsp3) is 0.278. The van der Waals surface area contributed by atoms with Gasteiger partial charge in [0.25, 0.3) is 0 Å². The van der Waals surface area contributed by atoms with Crippen molar-refractivity contribution in [2.24, 2.45) is 0 Å². The molecule has 1 N–H and O–H groups in total. The summed E-state index contributed by atoms with van der Waals surface area (Å²) in [5, 5.41) is 3.35. The number of aryl methyl sites for hydroxylation is 1. The van der Waals surface area contributed by atoms with Crippen molar-refractivity contribution in [3.8, 4) is 0 Å². The van der Waals surface area contributed by atoms with Crippen LogP contribution in [0.4, 0.5) is 5.69 Å². The number of hydrogen-bond acceptors (Lipinski definition) is 2. The van der Waals surface area contributed by atoms with Gasteiger partial charge in [-0.2, -0.15) is 0 Å². The zero-order valence-corrected chi connectivity index (χ0v) is 12.5. The summed E-state index contributed by atoms with van der Waals surface area (Å²) < 4.78 is 0. The number of fused-ring (bicyclic) bond motifs is 1. The molecule has 3 heteroatoms. The highest BCUT2D eigenvalue weighted by Gasteiger charge is 2.26. The van der Waals surface area contributed by atoms with Crippen LogP contribution >= 0.6 is 0 Å². The van der Waals surface area contributed by atoms with Gasteiger partial charge in [0.05, 0.1) is 6.04 Å². The minimum absolute atomic E-state index is 0.119. The van der Waals surface area contributed by atoms with Gasteiger partial charge in [-0.15, -0.1) is 0 Å². The highest BCUT2D eigenvalue weighted by atomic mass is 16.2. The molecule has 1 unspecified atom stereocenters. The number of benzene rings is 2. The van der Waals surface area contributed by atoms with Gasteiger partial charge in [0, 0.05) is 19.3 Å². The third kappa shape index (κ3) is 2.83. The predicted molar refractivity (Wildman–Crippen MR) is 85.4 cm³/mol. The SMILES string of the molecule is Cc1ccc(N(C)C(=O)C2Cc3ccccc3CN2)cc1. The molecule has 0 aliphatic carbocycles. The van der Waals surface area contributed by atoms with Crippen molar-refractivity contribution in [1.29, 1.82) is 0 Å². The van der Waals surface area contributed by atoms with E-state index in [1.807, 2.05) is 50.4 Å². The van der Waals surface area contributed by atoms with Gasteiger partial charge >= 0.3 is 0 Å². The first-order chi connectivity index (χ1) is 10.1. The second-order valence-corrected chi connectivity index (χ2v) is 5.64. The lowest BCUT2D eigenvalue weighted by atomic mass is 9.95. The zero-order valence-electron chi connectivity index (χ0n) is 12.5. The first-order valence-electron chi connectivity index (χ1n) is 7.29. The van der Waals surface area contributed by atoms with E-state index in [9.17, 15) is 4.79 Å². The van der Waals surface area contributed by atoms with Crippen LogP contribution in [-0.4, -0.2) is 19.0 Å². The Morgan fingerprint density at radius 1 is 1.10 bits per heavy atom. The molecule has 1 heterocycles. The normalized spacial score (nSPS) is 17.1. The quantitative estimate of drug-likeness (QED) is 0.917. The highest BCUT2D eigenvalue weighted by molar-refractivity contribution is 5.97. The Morgan fingerprint density at radius 2 is 1.76 bits per heavy atom. The maximum Gasteiger partial charge on any atom is 0.244 e. The van der Waals surface area contributed by atoms with Crippen LogP contribution < -0.4 is 10.2 Å². The van der Waals surface area contributed by atoms with E-state index in [4.69, 9.17) is 0 Å². The van der Waals surface area contributed by atoms with Crippen LogP contribution in [0.1, 0.15) is 16.7 Å². The number of likely N-dealkylation sites (N-methyl/N-ethyl adjacent to an activating group) is 1. The molecular weight excluding hydrogens is 260 g/mol.